The number of halogens is 1. The van der Waals surface area contributed by atoms with Crippen molar-refractivity contribution in [3.63, 3.8) is 0 Å². The fourth-order valence-corrected chi connectivity index (χ4v) is 2.59. The van der Waals surface area contributed by atoms with Gasteiger partial charge in [0.25, 0.3) is 5.91 Å². The van der Waals surface area contributed by atoms with Gasteiger partial charge in [0.05, 0.1) is 29.6 Å². The molecule has 22 heavy (non-hydrogen) atoms. The highest BCUT2D eigenvalue weighted by atomic mass is 127. The van der Waals surface area contributed by atoms with Gasteiger partial charge in [0.15, 0.2) is 11.5 Å². The zero-order chi connectivity index (χ0) is 15.9. The van der Waals surface area contributed by atoms with Crippen LogP contribution < -0.4 is 14.9 Å². The lowest BCUT2D eigenvalue weighted by Crippen LogP contribution is -2.17. The van der Waals surface area contributed by atoms with Gasteiger partial charge in [0.2, 0.25) is 0 Å². The normalized spacial score (nSPS) is 10.5. The van der Waals surface area contributed by atoms with Crippen molar-refractivity contribution in [1.82, 2.24) is 10.4 Å². The molecule has 2 rings (SSSR count). The zero-order valence-corrected chi connectivity index (χ0v) is 14.2. The number of ether oxygens (including phenoxy) is 2. The Labute approximate surface area is 141 Å². The summed E-state index contributed by atoms with van der Waals surface area (Å²) in [6.07, 6.45) is 4.62. The number of hydrazone groups is 1. The second kappa shape index (κ2) is 7.74. The zero-order valence-electron chi connectivity index (χ0n) is 12.0. The first-order valence-corrected chi connectivity index (χ1v) is 7.38. The molecule has 1 heterocycles. The highest BCUT2D eigenvalue weighted by Gasteiger charge is 2.09. The van der Waals surface area contributed by atoms with E-state index in [0.717, 1.165) is 9.13 Å². The van der Waals surface area contributed by atoms with Crippen LogP contribution in [-0.4, -0.2) is 31.3 Å². The van der Waals surface area contributed by atoms with E-state index in [-0.39, 0.29) is 5.91 Å². The molecule has 7 heteroatoms. The van der Waals surface area contributed by atoms with Crippen molar-refractivity contribution in [3.8, 4) is 11.5 Å². The van der Waals surface area contributed by atoms with Crippen LogP contribution in [-0.2, 0) is 0 Å². The van der Waals surface area contributed by atoms with Crippen molar-refractivity contribution in [2.24, 2.45) is 5.10 Å². The Morgan fingerprint density at radius 1 is 1.36 bits per heavy atom. The number of carbonyl (C=O) groups is 1. The van der Waals surface area contributed by atoms with Crippen molar-refractivity contribution in [2.45, 2.75) is 0 Å². The van der Waals surface area contributed by atoms with E-state index < -0.39 is 0 Å². The molecule has 1 aromatic heterocycles. The molecule has 0 aliphatic heterocycles. The molecule has 114 valence electrons. The Hall–Kier alpha value is -2.16. The molecule has 1 aromatic carbocycles. The topological polar surface area (TPSA) is 72.8 Å². The maximum Gasteiger partial charge on any atom is 0.272 e. The summed E-state index contributed by atoms with van der Waals surface area (Å²) in [7, 11) is 3.15. The second-order valence-corrected chi connectivity index (χ2v) is 5.34. The molecule has 0 fully saturated rings. The van der Waals surface area contributed by atoms with E-state index in [4.69, 9.17) is 9.47 Å². The van der Waals surface area contributed by atoms with Crippen LogP contribution in [0, 0.1) is 3.57 Å². The van der Waals surface area contributed by atoms with E-state index in [1.54, 1.807) is 44.8 Å². The van der Waals surface area contributed by atoms with E-state index >= 15 is 0 Å². The minimum atomic E-state index is -0.320. The van der Waals surface area contributed by atoms with E-state index in [1.165, 1.54) is 6.20 Å². The predicted octanol–water partition coefficient (Wildman–Crippen LogP) is 2.47. The van der Waals surface area contributed by atoms with Crippen molar-refractivity contribution in [3.05, 3.63) is 51.4 Å². The van der Waals surface area contributed by atoms with Crippen LogP contribution in [0.4, 0.5) is 0 Å². The van der Waals surface area contributed by atoms with Crippen molar-refractivity contribution in [2.75, 3.05) is 14.2 Å². The van der Waals surface area contributed by atoms with Crippen LogP contribution in [0.2, 0.25) is 0 Å². The Balaban J connectivity index is 2.10. The number of carbonyl (C=O) groups excluding carboxylic acids is 1. The number of hydrogen-bond donors (Lipinski definition) is 1. The quantitative estimate of drug-likeness (QED) is 0.466. The third-order valence-electron chi connectivity index (χ3n) is 2.76. The van der Waals surface area contributed by atoms with Gasteiger partial charge < -0.3 is 9.47 Å². The Morgan fingerprint density at radius 3 is 2.82 bits per heavy atom. The largest absolute Gasteiger partial charge is 0.493 e. The number of nitrogens with one attached hydrogen (secondary N) is 1. The number of pyridine rings is 1. The molecular weight excluding hydrogens is 397 g/mol. The minimum absolute atomic E-state index is 0.320. The maximum atomic E-state index is 11.8. The van der Waals surface area contributed by atoms with Gasteiger partial charge in [0, 0.05) is 12.4 Å². The van der Waals surface area contributed by atoms with Gasteiger partial charge in [-0.3, -0.25) is 9.78 Å². The smallest absolute Gasteiger partial charge is 0.272 e. The fourth-order valence-electron chi connectivity index (χ4n) is 1.74. The Kier molecular flexibility index (Phi) is 5.70. The van der Waals surface area contributed by atoms with E-state index in [2.05, 4.69) is 38.1 Å². The number of methoxy groups -OCH3 is 2. The lowest BCUT2D eigenvalue weighted by Gasteiger charge is -2.10. The molecule has 0 atom stereocenters. The molecule has 0 aliphatic carbocycles. The van der Waals surface area contributed by atoms with E-state index in [9.17, 15) is 4.79 Å². The molecule has 0 unspecified atom stereocenters. The average Bonchev–Trinajstić information content (AvgIpc) is 2.55. The predicted molar refractivity (Wildman–Crippen MR) is 91.6 cm³/mol. The summed E-state index contributed by atoms with van der Waals surface area (Å²) >= 11 is 2.15. The Morgan fingerprint density at radius 2 is 2.18 bits per heavy atom. The summed E-state index contributed by atoms with van der Waals surface area (Å²) in [6, 6.07) is 7.01. The Bertz CT molecular complexity index is 690. The molecule has 0 saturated heterocycles. The van der Waals surface area contributed by atoms with Gasteiger partial charge in [-0.25, -0.2) is 5.43 Å². The highest BCUT2D eigenvalue weighted by Crippen LogP contribution is 2.32. The summed E-state index contributed by atoms with van der Waals surface area (Å²) < 4.78 is 11.4. The standard InChI is InChI=1S/C15H14IN3O3/c1-21-13-7-10(6-12(16)14(13)22-2)8-18-19-15(20)11-4-3-5-17-9-11/h3-9H,1-2H3,(H,19,20). The van der Waals surface area contributed by atoms with Gasteiger partial charge in [-0.05, 0) is 52.4 Å². The van der Waals surface area contributed by atoms with Crippen LogP contribution in [0.25, 0.3) is 0 Å². The van der Waals surface area contributed by atoms with Crippen molar-refractivity contribution >= 4 is 34.7 Å². The monoisotopic (exact) mass is 411 g/mol. The van der Waals surface area contributed by atoms with Crippen LogP contribution in [0.3, 0.4) is 0 Å². The molecule has 1 N–H and O–H groups in total. The average molecular weight is 411 g/mol. The molecule has 0 spiro atoms. The van der Waals surface area contributed by atoms with Gasteiger partial charge >= 0.3 is 0 Å². The number of hydrogen-bond acceptors (Lipinski definition) is 5. The molecular formula is C15H14IN3O3. The molecule has 0 saturated carbocycles. The number of aromatic nitrogens is 1. The minimum Gasteiger partial charge on any atom is -0.493 e. The maximum absolute atomic E-state index is 11.8. The van der Waals surface area contributed by atoms with Crippen LogP contribution in [0.15, 0.2) is 41.8 Å². The van der Waals surface area contributed by atoms with E-state index in [1.807, 2.05) is 6.07 Å². The molecule has 0 radical (unpaired) electrons. The second-order valence-electron chi connectivity index (χ2n) is 4.18. The summed E-state index contributed by atoms with van der Waals surface area (Å²) in [5.74, 6) is 0.952. The third kappa shape index (κ3) is 3.94. The number of rotatable bonds is 5. The summed E-state index contributed by atoms with van der Waals surface area (Å²) in [4.78, 5) is 15.7. The van der Waals surface area contributed by atoms with Crippen molar-refractivity contribution in [1.29, 1.82) is 0 Å². The lowest BCUT2D eigenvalue weighted by molar-refractivity contribution is 0.0955. The molecule has 1 amide bonds. The fraction of sp³-hybridized carbons (Fsp3) is 0.133. The summed E-state index contributed by atoms with van der Waals surface area (Å²) in [6.45, 7) is 0. The first kappa shape index (κ1) is 16.2. The molecule has 6 nitrogen and oxygen atoms in total. The lowest BCUT2D eigenvalue weighted by atomic mass is 10.2. The van der Waals surface area contributed by atoms with Gasteiger partial charge in [-0.2, -0.15) is 5.10 Å². The van der Waals surface area contributed by atoms with Crippen LogP contribution in [0.5, 0.6) is 11.5 Å². The van der Waals surface area contributed by atoms with Crippen LogP contribution in [0.1, 0.15) is 15.9 Å². The number of nitrogens with zero attached hydrogens (tertiary/aromatic N) is 2. The highest BCUT2D eigenvalue weighted by molar-refractivity contribution is 14.1. The first-order valence-electron chi connectivity index (χ1n) is 6.30. The van der Waals surface area contributed by atoms with E-state index in [0.29, 0.717) is 17.1 Å². The molecule has 0 bridgehead atoms. The number of amides is 1. The molecule has 2 aromatic rings. The first-order chi connectivity index (χ1) is 10.7. The SMILES string of the molecule is COc1cc(C=NNC(=O)c2cccnc2)cc(I)c1OC. The van der Waals surface area contributed by atoms with Gasteiger partial charge in [0.1, 0.15) is 0 Å². The number of benzene rings is 1. The van der Waals surface area contributed by atoms with Gasteiger partial charge in [-0.15, -0.1) is 0 Å². The summed E-state index contributed by atoms with van der Waals surface area (Å²) in [5.41, 5.74) is 3.68. The summed E-state index contributed by atoms with van der Waals surface area (Å²) in [5, 5.41) is 3.94. The molecule has 0 aliphatic rings. The third-order valence-corrected chi connectivity index (χ3v) is 3.56. The van der Waals surface area contributed by atoms with Crippen molar-refractivity contribution < 1.29 is 14.3 Å². The van der Waals surface area contributed by atoms with Crippen LogP contribution >= 0.6 is 22.6 Å². The van der Waals surface area contributed by atoms with Gasteiger partial charge in [-0.1, -0.05) is 0 Å².